The topological polar surface area (TPSA) is 76.1 Å². The highest BCUT2D eigenvalue weighted by Crippen LogP contribution is 2.43. The number of aliphatic hydroxyl groups is 1. The molecule has 1 atom stereocenters. The van der Waals surface area contributed by atoms with Crippen molar-refractivity contribution in [2.24, 2.45) is 0 Å². The molecule has 3 aromatic carbocycles. The van der Waals surface area contributed by atoms with Crippen molar-refractivity contribution in [1.29, 1.82) is 0 Å². The minimum absolute atomic E-state index is 0.0195. The molecule has 0 radical (unpaired) electrons. The SMILES string of the molecule is CCOc1cccc(/C(O)=C2\C(=O)C(=O)N(c3cc(C)cc(C)c3)C2c2cccc(OC)c2)c1. The number of benzene rings is 3. The normalized spacial score (nSPS) is 17.2. The number of hydrogen-bond acceptors (Lipinski definition) is 5. The van der Waals surface area contributed by atoms with E-state index >= 15 is 0 Å². The molecule has 1 aliphatic heterocycles. The van der Waals surface area contributed by atoms with Gasteiger partial charge in [-0.3, -0.25) is 14.5 Å². The van der Waals surface area contributed by atoms with Crippen LogP contribution >= 0.6 is 0 Å². The van der Waals surface area contributed by atoms with Gasteiger partial charge in [0.05, 0.1) is 25.3 Å². The molecule has 4 rings (SSSR count). The van der Waals surface area contributed by atoms with E-state index in [2.05, 4.69) is 0 Å². The summed E-state index contributed by atoms with van der Waals surface area (Å²) in [5, 5.41) is 11.3. The van der Waals surface area contributed by atoms with Gasteiger partial charge in [-0.1, -0.05) is 30.3 Å². The lowest BCUT2D eigenvalue weighted by Gasteiger charge is -2.26. The molecule has 0 bridgehead atoms. The van der Waals surface area contributed by atoms with Gasteiger partial charge in [0.15, 0.2) is 0 Å². The first-order valence-corrected chi connectivity index (χ1v) is 11.1. The van der Waals surface area contributed by atoms with E-state index in [1.807, 2.05) is 45.0 Å². The summed E-state index contributed by atoms with van der Waals surface area (Å²) in [5.41, 5.74) is 3.59. The third-order valence-corrected chi connectivity index (χ3v) is 5.76. The van der Waals surface area contributed by atoms with Crippen LogP contribution < -0.4 is 14.4 Å². The van der Waals surface area contributed by atoms with Crippen molar-refractivity contribution in [3.05, 3.63) is 94.6 Å². The number of aryl methyl sites for hydroxylation is 2. The van der Waals surface area contributed by atoms with Crippen LogP contribution in [0.4, 0.5) is 5.69 Å². The molecule has 1 amide bonds. The molecule has 1 aliphatic rings. The zero-order chi connectivity index (χ0) is 24.4. The molecule has 3 aromatic rings. The Morgan fingerprint density at radius 1 is 0.941 bits per heavy atom. The second-order valence-corrected chi connectivity index (χ2v) is 8.25. The molecule has 6 nitrogen and oxygen atoms in total. The average molecular weight is 458 g/mol. The second kappa shape index (κ2) is 9.43. The quantitative estimate of drug-likeness (QED) is 0.307. The van der Waals surface area contributed by atoms with Crippen LogP contribution in [0.1, 0.15) is 35.2 Å². The zero-order valence-electron chi connectivity index (χ0n) is 19.7. The molecule has 1 heterocycles. The minimum atomic E-state index is -0.827. The van der Waals surface area contributed by atoms with Crippen molar-refractivity contribution in [1.82, 2.24) is 0 Å². The van der Waals surface area contributed by atoms with Gasteiger partial charge < -0.3 is 14.6 Å². The van der Waals surface area contributed by atoms with E-state index in [-0.39, 0.29) is 11.3 Å². The summed E-state index contributed by atoms with van der Waals surface area (Å²) < 4.78 is 10.9. The van der Waals surface area contributed by atoms with Crippen molar-refractivity contribution in [3.63, 3.8) is 0 Å². The van der Waals surface area contributed by atoms with Gasteiger partial charge in [0, 0.05) is 11.3 Å². The van der Waals surface area contributed by atoms with Crippen LogP contribution in [-0.4, -0.2) is 30.5 Å². The van der Waals surface area contributed by atoms with Crippen LogP contribution in [0.5, 0.6) is 11.5 Å². The summed E-state index contributed by atoms with van der Waals surface area (Å²) >= 11 is 0. The number of Topliss-reactive ketones (excluding diaryl/α,β-unsaturated/α-hetero) is 1. The molecule has 0 aliphatic carbocycles. The van der Waals surface area contributed by atoms with Crippen molar-refractivity contribution in [3.8, 4) is 11.5 Å². The molecule has 1 unspecified atom stereocenters. The number of ether oxygens (including phenoxy) is 2. The molecular weight excluding hydrogens is 430 g/mol. The number of hydrogen-bond donors (Lipinski definition) is 1. The van der Waals surface area contributed by atoms with E-state index < -0.39 is 17.7 Å². The van der Waals surface area contributed by atoms with E-state index in [9.17, 15) is 14.7 Å². The van der Waals surface area contributed by atoms with Crippen LogP contribution in [0.3, 0.4) is 0 Å². The van der Waals surface area contributed by atoms with E-state index in [0.29, 0.717) is 34.9 Å². The highest BCUT2D eigenvalue weighted by Gasteiger charge is 2.47. The van der Waals surface area contributed by atoms with Gasteiger partial charge in [0.1, 0.15) is 17.3 Å². The lowest BCUT2D eigenvalue weighted by atomic mass is 9.94. The number of aliphatic hydroxyl groups excluding tert-OH is 1. The maximum absolute atomic E-state index is 13.4. The summed E-state index contributed by atoms with van der Waals surface area (Å²) in [5.74, 6) is -0.541. The predicted octanol–water partition coefficient (Wildman–Crippen LogP) is 5.34. The number of amides is 1. The Morgan fingerprint density at radius 3 is 2.29 bits per heavy atom. The Morgan fingerprint density at radius 2 is 1.62 bits per heavy atom. The largest absolute Gasteiger partial charge is 0.507 e. The molecular formula is C28H27NO5. The van der Waals surface area contributed by atoms with Crippen LogP contribution in [-0.2, 0) is 9.59 Å². The third-order valence-electron chi connectivity index (χ3n) is 5.76. The van der Waals surface area contributed by atoms with Gasteiger partial charge in [-0.25, -0.2) is 0 Å². The number of carbonyl (C=O) groups is 2. The molecule has 34 heavy (non-hydrogen) atoms. The standard InChI is InChI=1S/C28H27NO5/c1-5-34-23-11-7-9-20(16-23)26(30)24-25(19-8-6-10-22(15-19)33-4)29(28(32)27(24)31)21-13-17(2)12-18(3)14-21/h6-16,25,30H,5H2,1-4H3/b26-24+. The first kappa shape index (κ1) is 23.1. The van der Waals surface area contributed by atoms with Crippen molar-refractivity contribution < 1.29 is 24.2 Å². The molecule has 174 valence electrons. The van der Waals surface area contributed by atoms with Crippen LogP contribution in [0, 0.1) is 13.8 Å². The van der Waals surface area contributed by atoms with Gasteiger partial charge in [0.2, 0.25) is 0 Å². The van der Waals surface area contributed by atoms with E-state index in [1.165, 1.54) is 4.90 Å². The molecule has 0 saturated carbocycles. The summed E-state index contributed by atoms with van der Waals surface area (Å²) in [6, 6.07) is 18.9. The predicted molar refractivity (Wildman–Crippen MR) is 131 cm³/mol. The van der Waals surface area contributed by atoms with Gasteiger partial charge >= 0.3 is 0 Å². The number of anilines is 1. The third kappa shape index (κ3) is 4.27. The Kier molecular flexibility index (Phi) is 6.41. The second-order valence-electron chi connectivity index (χ2n) is 8.25. The lowest BCUT2D eigenvalue weighted by molar-refractivity contribution is -0.132. The Labute approximate surface area is 199 Å². The first-order chi connectivity index (χ1) is 16.3. The molecule has 1 fully saturated rings. The molecule has 6 heteroatoms. The molecule has 0 spiro atoms. The van der Waals surface area contributed by atoms with Gasteiger partial charge in [0.25, 0.3) is 11.7 Å². The zero-order valence-corrected chi connectivity index (χ0v) is 19.7. The monoisotopic (exact) mass is 457 g/mol. The van der Waals surface area contributed by atoms with Crippen molar-refractivity contribution in [2.45, 2.75) is 26.8 Å². The van der Waals surface area contributed by atoms with Crippen LogP contribution in [0.2, 0.25) is 0 Å². The van der Waals surface area contributed by atoms with E-state index in [1.54, 1.807) is 49.6 Å². The summed E-state index contributed by atoms with van der Waals surface area (Å²) in [4.78, 5) is 28.2. The van der Waals surface area contributed by atoms with Gasteiger partial charge in [-0.15, -0.1) is 0 Å². The number of carbonyl (C=O) groups excluding carboxylic acids is 2. The number of ketones is 1. The Bertz CT molecular complexity index is 1270. The van der Waals surface area contributed by atoms with Crippen LogP contribution in [0.15, 0.2) is 72.3 Å². The molecule has 1 saturated heterocycles. The number of methoxy groups -OCH3 is 1. The Hall–Kier alpha value is -4.06. The summed E-state index contributed by atoms with van der Waals surface area (Å²) in [7, 11) is 1.55. The van der Waals surface area contributed by atoms with Gasteiger partial charge in [-0.2, -0.15) is 0 Å². The summed E-state index contributed by atoms with van der Waals surface area (Å²) in [6.45, 7) is 6.20. The summed E-state index contributed by atoms with van der Waals surface area (Å²) in [6.07, 6.45) is 0. The fourth-order valence-electron chi connectivity index (χ4n) is 4.37. The number of rotatable bonds is 6. The van der Waals surface area contributed by atoms with Gasteiger partial charge in [-0.05, 0) is 73.9 Å². The van der Waals surface area contributed by atoms with E-state index in [0.717, 1.165) is 11.1 Å². The lowest BCUT2D eigenvalue weighted by Crippen LogP contribution is -2.29. The van der Waals surface area contributed by atoms with Crippen LogP contribution in [0.25, 0.3) is 5.76 Å². The fourth-order valence-corrected chi connectivity index (χ4v) is 4.37. The smallest absolute Gasteiger partial charge is 0.300 e. The number of nitrogens with zero attached hydrogens (tertiary/aromatic N) is 1. The molecule has 1 N–H and O–H groups in total. The highest BCUT2D eigenvalue weighted by molar-refractivity contribution is 6.51. The minimum Gasteiger partial charge on any atom is -0.507 e. The maximum Gasteiger partial charge on any atom is 0.300 e. The highest BCUT2D eigenvalue weighted by atomic mass is 16.5. The fraction of sp³-hybridized carbons (Fsp3) is 0.214. The first-order valence-electron chi connectivity index (χ1n) is 11.1. The Balaban J connectivity index is 1.96. The van der Waals surface area contributed by atoms with E-state index in [4.69, 9.17) is 9.47 Å². The average Bonchev–Trinajstić information content (AvgIpc) is 3.09. The maximum atomic E-state index is 13.4. The van der Waals surface area contributed by atoms with Crippen molar-refractivity contribution in [2.75, 3.05) is 18.6 Å². The van der Waals surface area contributed by atoms with Crippen molar-refractivity contribution >= 4 is 23.1 Å². The molecule has 0 aromatic heterocycles.